The highest BCUT2D eigenvalue weighted by Crippen LogP contribution is 2.31. The van der Waals surface area contributed by atoms with Crippen molar-refractivity contribution in [3.63, 3.8) is 0 Å². The van der Waals surface area contributed by atoms with E-state index in [2.05, 4.69) is 50.8 Å². The summed E-state index contributed by atoms with van der Waals surface area (Å²) < 4.78 is 0. The van der Waals surface area contributed by atoms with Crippen molar-refractivity contribution in [2.75, 3.05) is 13.1 Å². The summed E-state index contributed by atoms with van der Waals surface area (Å²) in [6.07, 6.45) is 2.62. The lowest BCUT2D eigenvalue weighted by Crippen LogP contribution is -2.49. The molecule has 0 aromatic heterocycles. The van der Waals surface area contributed by atoms with Gasteiger partial charge in [-0.25, -0.2) is 0 Å². The lowest BCUT2D eigenvalue weighted by atomic mass is 9.88. The predicted molar refractivity (Wildman–Crippen MR) is 82.3 cm³/mol. The van der Waals surface area contributed by atoms with Crippen LogP contribution in [0.5, 0.6) is 0 Å². The lowest BCUT2D eigenvalue weighted by molar-refractivity contribution is 0.0689. The van der Waals surface area contributed by atoms with Crippen molar-refractivity contribution in [1.29, 1.82) is 0 Å². The van der Waals surface area contributed by atoms with E-state index in [9.17, 15) is 0 Å². The fraction of sp³-hybridized carbons (Fsp3) is 0.647. The summed E-state index contributed by atoms with van der Waals surface area (Å²) in [4.78, 5) is 2.61. The van der Waals surface area contributed by atoms with Gasteiger partial charge in [0.15, 0.2) is 0 Å². The molecule has 2 rings (SSSR count). The number of rotatable bonds is 3. The molecule has 1 saturated heterocycles. The number of nitrogens with zero attached hydrogens (tertiary/aromatic N) is 1. The van der Waals surface area contributed by atoms with E-state index < -0.39 is 0 Å². The number of hydrogen-bond donors (Lipinski definition) is 1. The summed E-state index contributed by atoms with van der Waals surface area (Å²) >= 11 is 0. The number of benzene rings is 1. The van der Waals surface area contributed by atoms with Crippen LogP contribution >= 0.6 is 0 Å². The molecule has 19 heavy (non-hydrogen) atoms. The minimum Gasteiger partial charge on any atom is -0.329 e. The number of likely N-dealkylation sites (tertiary alicyclic amines) is 1. The molecule has 1 aliphatic rings. The number of nitrogens with two attached hydrogens (primary N) is 1. The van der Waals surface area contributed by atoms with Crippen LogP contribution in [0.3, 0.4) is 0 Å². The van der Waals surface area contributed by atoms with Gasteiger partial charge in [-0.3, -0.25) is 4.90 Å². The molecule has 1 aromatic rings. The Morgan fingerprint density at radius 3 is 2.47 bits per heavy atom. The molecule has 2 N–H and O–H groups in total. The lowest BCUT2D eigenvalue weighted by Gasteiger charge is -2.43. The van der Waals surface area contributed by atoms with Crippen LogP contribution < -0.4 is 5.73 Å². The third kappa shape index (κ3) is 3.18. The van der Waals surface area contributed by atoms with Gasteiger partial charge in [0.05, 0.1) is 0 Å². The summed E-state index contributed by atoms with van der Waals surface area (Å²) in [6, 6.07) is 7.89. The molecule has 0 radical (unpaired) electrons. The zero-order chi connectivity index (χ0) is 14.0. The van der Waals surface area contributed by atoms with Gasteiger partial charge in [0, 0.05) is 18.6 Å². The van der Waals surface area contributed by atoms with Crippen LogP contribution in [-0.2, 0) is 0 Å². The molecule has 1 fully saturated rings. The molecule has 1 aromatic carbocycles. The van der Waals surface area contributed by atoms with Gasteiger partial charge in [-0.2, -0.15) is 0 Å². The molecular weight excluding hydrogens is 232 g/mol. The number of piperidine rings is 1. The Kier molecular flexibility index (Phi) is 4.64. The van der Waals surface area contributed by atoms with Crippen LogP contribution in [0.4, 0.5) is 0 Å². The molecule has 0 spiro atoms. The Hall–Kier alpha value is -0.860. The van der Waals surface area contributed by atoms with Crippen molar-refractivity contribution in [2.24, 2.45) is 11.7 Å². The minimum absolute atomic E-state index is 0.467. The van der Waals surface area contributed by atoms with Crippen LogP contribution in [0, 0.1) is 19.8 Å². The van der Waals surface area contributed by atoms with Crippen molar-refractivity contribution in [1.82, 2.24) is 4.90 Å². The summed E-state index contributed by atoms with van der Waals surface area (Å²) in [5.74, 6) is 0.715. The second-order valence-electron chi connectivity index (χ2n) is 6.26. The largest absolute Gasteiger partial charge is 0.329 e. The van der Waals surface area contributed by atoms with E-state index in [0.717, 1.165) is 6.54 Å². The zero-order valence-corrected chi connectivity index (χ0v) is 12.8. The van der Waals surface area contributed by atoms with Crippen molar-refractivity contribution in [3.8, 4) is 0 Å². The van der Waals surface area contributed by atoms with Gasteiger partial charge in [0.1, 0.15) is 0 Å². The predicted octanol–water partition coefficient (Wildman–Crippen LogP) is 3.42. The van der Waals surface area contributed by atoms with Crippen molar-refractivity contribution in [2.45, 2.75) is 52.6 Å². The van der Waals surface area contributed by atoms with E-state index in [-0.39, 0.29) is 0 Å². The van der Waals surface area contributed by atoms with Gasteiger partial charge in [-0.05, 0) is 51.6 Å². The molecule has 0 saturated carbocycles. The number of hydrogen-bond acceptors (Lipinski definition) is 2. The highest BCUT2D eigenvalue weighted by atomic mass is 15.2. The first-order valence-electron chi connectivity index (χ1n) is 7.57. The molecule has 3 unspecified atom stereocenters. The molecule has 1 aliphatic heterocycles. The molecule has 0 amide bonds. The average Bonchev–Trinajstić information content (AvgIpc) is 2.36. The van der Waals surface area contributed by atoms with Crippen LogP contribution in [0.1, 0.15) is 49.4 Å². The van der Waals surface area contributed by atoms with E-state index in [1.165, 1.54) is 36.1 Å². The van der Waals surface area contributed by atoms with E-state index in [1.54, 1.807) is 0 Å². The smallest absolute Gasteiger partial charge is 0.0323 e. The van der Waals surface area contributed by atoms with E-state index in [0.29, 0.717) is 18.0 Å². The second-order valence-corrected chi connectivity index (χ2v) is 6.26. The molecule has 0 aliphatic carbocycles. The van der Waals surface area contributed by atoms with Crippen LogP contribution in [-0.4, -0.2) is 24.0 Å². The van der Waals surface area contributed by atoms with Gasteiger partial charge >= 0.3 is 0 Å². The van der Waals surface area contributed by atoms with Gasteiger partial charge in [0.25, 0.3) is 0 Å². The first-order chi connectivity index (χ1) is 9.02. The third-order valence-electron chi connectivity index (χ3n) is 4.62. The van der Waals surface area contributed by atoms with Gasteiger partial charge in [-0.1, -0.05) is 36.2 Å². The first kappa shape index (κ1) is 14.5. The highest BCUT2D eigenvalue weighted by molar-refractivity contribution is 5.30. The summed E-state index contributed by atoms with van der Waals surface area (Å²) in [7, 11) is 0. The van der Waals surface area contributed by atoms with Crippen LogP contribution in [0.2, 0.25) is 0 Å². The molecule has 3 atom stereocenters. The fourth-order valence-electron chi connectivity index (χ4n) is 3.57. The number of aryl methyl sites for hydroxylation is 2. The molecule has 1 heterocycles. The van der Waals surface area contributed by atoms with Gasteiger partial charge < -0.3 is 5.73 Å². The molecule has 2 heteroatoms. The van der Waals surface area contributed by atoms with E-state index >= 15 is 0 Å². The molecular formula is C17H28N2. The topological polar surface area (TPSA) is 29.3 Å². The summed E-state index contributed by atoms with van der Waals surface area (Å²) in [6.45, 7) is 11.0. The van der Waals surface area contributed by atoms with Crippen molar-refractivity contribution >= 4 is 0 Å². The van der Waals surface area contributed by atoms with E-state index in [1.807, 2.05) is 0 Å². The average molecular weight is 260 g/mol. The standard InChI is InChI=1S/C17H28N2/c1-12-8-13(2)10-16(9-12)15(4)19-7-5-6-14(3)17(19)11-18/h8-10,14-15,17H,5-7,11,18H2,1-4H3. The minimum atomic E-state index is 0.467. The maximum Gasteiger partial charge on any atom is 0.0323 e. The monoisotopic (exact) mass is 260 g/mol. The van der Waals surface area contributed by atoms with Gasteiger partial charge in [0.2, 0.25) is 0 Å². The maximum absolute atomic E-state index is 6.02. The molecule has 2 nitrogen and oxygen atoms in total. The third-order valence-corrected chi connectivity index (χ3v) is 4.62. The SMILES string of the molecule is Cc1cc(C)cc(C(C)N2CCCC(C)C2CN)c1. The highest BCUT2D eigenvalue weighted by Gasteiger charge is 2.31. The second kappa shape index (κ2) is 6.06. The quantitative estimate of drug-likeness (QED) is 0.902. The normalized spacial score (nSPS) is 26.4. The Balaban J connectivity index is 2.23. The zero-order valence-electron chi connectivity index (χ0n) is 12.8. The summed E-state index contributed by atoms with van der Waals surface area (Å²) in [5.41, 5.74) is 10.2. The van der Waals surface area contributed by atoms with Crippen LogP contribution in [0.15, 0.2) is 18.2 Å². The first-order valence-corrected chi connectivity index (χ1v) is 7.57. The Morgan fingerprint density at radius 1 is 1.26 bits per heavy atom. The van der Waals surface area contributed by atoms with Crippen molar-refractivity contribution in [3.05, 3.63) is 34.9 Å². The molecule has 0 bridgehead atoms. The Labute approximate surface area is 118 Å². The Bertz CT molecular complexity index is 407. The van der Waals surface area contributed by atoms with E-state index in [4.69, 9.17) is 5.73 Å². The maximum atomic E-state index is 6.02. The van der Waals surface area contributed by atoms with Gasteiger partial charge in [-0.15, -0.1) is 0 Å². The fourth-order valence-corrected chi connectivity index (χ4v) is 3.57. The Morgan fingerprint density at radius 2 is 1.89 bits per heavy atom. The molecule has 106 valence electrons. The van der Waals surface area contributed by atoms with Crippen LogP contribution in [0.25, 0.3) is 0 Å². The summed E-state index contributed by atoms with van der Waals surface area (Å²) in [5, 5.41) is 0. The van der Waals surface area contributed by atoms with Crippen molar-refractivity contribution < 1.29 is 0 Å².